The van der Waals surface area contributed by atoms with E-state index in [1.165, 1.54) is 0 Å². The SMILES string of the molecule is O=C(O)CC(Cc1ccc(C(F)(F)F)cc1)C(F)(F)F. The van der Waals surface area contributed by atoms with E-state index in [9.17, 15) is 31.1 Å². The molecule has 0 aliphatic heterocycles. The van der Waals surface area contributed by atoms with Crippen LogP contribution in [0.1, 0.15) is 17.5 Å². The van der Waals surface area contributed by atoms with Gasteiger partial charge in [0, 0.05) is 0 Å². The number of hydrogen-bond acceptors (Lipinski definition) is 1. The van der Waals surface area contributed by atoms with Gasteiger partial charge in [-0.25, -0.2) is 0 Å². The molecule has 1 aromatic carbocycles. The number of carboxylic acid groups (broad SMARTS) is 1. The third-order valence-corrected chi connectivity index (χ3v) is 2.65. The normalized spacial score (nSPS) is 14.1. The van der Waals surface area contributed by atoms with Gasteiger partial charge in [0.25, 0.3) is 0 Å². The van der Waals surface area contributed by atoms with E-state index in [2.05, 4.69) is 0 Å². The van der Waals surface area contributed by atoms with Gasteiger partial charge in [0.1, 0.15) is 0 Å². The van der Waals surface area contributed by atoms with Gasteiger partial charge in [0.05, 0.1) is 17.9 Å². The zero-order chi connectivity index (χ0) is 15.6. The molecule has 2 nitrogen and oxygen atoms in total. The van der Waals surface area contributed by atoms with Crippen molar-refractivity contribution in [3.05, 3.63) is 35.4 Å². The molecular weight excluding hydrogens is 290 g/mol. The summed E-state index contributed by atoms with van der Waals surface area (Å²) in [4.78, 5) is 10.4. The van der Waals surface area contributed by atoms with Crippen molar-refractivity contribution in [2.24, 2.45) is 5.92 Å². The summed E-state index contributed by atoms with van der Waals surface area (Å²) in [6.07, 6.45) is -11.1. The first kappa shape index (κ1) is 16.3. The number of alkyl halides is 6. The van der Waals surface area contributed by atoms with E-state index in [1.807, 2.05) is 0 Å². The van der Waals surface area contributed by atoms with Crippen LogP contribution in [-0.4, -0.2) is 17.3 Å². The number of rotatable bonds is 4. The maximum atomic E-state index is 12.6. The molecule has 20 heavy (non-hydrogen) atoms. The average molecular weight is 300 g/mol. The molecule has 0 bridgehead atoms. The van der Waals surface area contributed by atoms with Crippen LogP contribution in [0, 0.1) is 5.92 Å². The van der Waals surface area contributed by atoms with Gasteiger partial charge in [-0.3, -0.25) is 4.79 Å². The van der Waals surface area contributed by atoms with Crippen LogP contribution < -0.4 is 0 Å². The highest BCUT2D eigenvalue weighted by Gasteiger charge is 2.40. The fourth-order valence-corrected chi connectivity index (χ4v) is 1.63. The molecule has 1 N–H and O–H groups in total. The summed E-state index contributed by atoms with van der Waals surface area (Å²) in [5, 5.41) is 8.43. The fraction of sp³-hybridized carbons (Fsp3) is 0.417. The van der Waals surface area contributed by atoms with Gasteiger partial charge in [0.15, 0.2) is 0 Å². The van der Waals surface area contributed by atoms with Gasteiger partial charge in [-0.05, 0) is 24.1 Å². The van der Waals surface area contributed by atoms with E-state index in [0.29, 0.717) is 12.1 Å². The highest BCUT2D eigenvalue weighted by Crippen LogP contribution is 2.33. The topological polar surface area (TPSA) is 37.3 Å². The Balaban J connectivity index is 2.87. The van der Waals surface area contributed by atoms with Crippen LogP contribution in [0.5, 0.6) is 0 Å². The third kappa shape index (κ3) is 4.75. The molecule has 1 aromatic rings. The Morgan fingerprint density at radius 2 is 1.55 bits per heavy atom. The van der Waals surface area contributed by atoms with Crippen LogP contribution >= 0.6 is 0 Å². The molecule has 0 aliphatic rings. The Bertz CT molecular complexity index is 460. The monoisotopic (exact) mass is 300 g/mol. The van der Waals surface area contributed by atoms with Gasteiger partial charge < -0.3 is 5.11 Å². The molecule has 0 heterocycles. The van der Waals surface area contributed by atoms with E-state index in [4.69, 9.17) is 5.11 Å². The van der Waals surface area contributed by atoms with E-state index < -0.39 is 42.6 Å². The van der Waals surface area contributed by atoms with Crippen molar-refractivity contribution in [3.8, 4) is 0 Å². The summed E-state index contributed by atoms with van der Waals surface area (Å²) in [5.74, 6) is -3.74. The predicted octanol–water partition coefficient (Wildman–Crippen LogP) is 3.90. The number of aliphatic carboxylic acids is 1. The van der Waals surface area contributed by atoms with Crippen molar-refractivity contribution in [2.45, 2.75) is 25.2 Å². The van der Waals surface area contributed by atoms with Crippen LogP contribution in [0.4, 0.5) is 26.3 Å². The van der Waals surface area contributed by atoms with E-state index in [0.717, 1.165) is 12.1 Å². The lowest BCUT2D eigenvalue weighted by atomic mass is 9.95. The van der Waals surface area contributed by atoms with Crippen LogP contribution in [0.3, 0.4) is 0 Å². The Kier molecular flexibility index (Phi) is 4.67. The molecule has 112 valence electrons. The van der Waals surface area contributed by atoms with Crippen molar-refractivity contribution >= 4 is 5.97 Å². The molecular formula is C12H10F6O2. The minimum atomic E-state index is -4.72. The molecule has 0 radical (unpaired) electrons. The van der Waals surface area contributed by atoms with E-state index in [-0.39, 0.29) is 5.56 Å². The maximum Gasteiger partial charge on any atom is 0.416 e. The molecule has 0 spiro atoms. The Labute approximate surface area is 110 Å². The van der Waals surface area contributed by atoms with Crippen molar-refractivity contribution in [2.75, 3.05) is 0 Å². The zero-order valence-electron chi connectivity index (χ0n) is 9.92. The lowest BCUT2D eigenvalue weighted by molar-refractivity contribution is -0.182. The Hall–Kier alpha value is -1.73. The van der Waals surface area contributed by atoms with Crippen LogP contribution in [0.25, 0.3) is 0 Å². The van der Waals surface area contributed by atoms with Crippen molar-refractivity contribution in [1.29, 1.82) is 0 Å². The van der Waals surface area contributed by atoms with Crippen LogP contribution in [0.15, 0.2) is 24.3 Å². The standard InChI is InChI=1S/C12H10F6O2/c13-11(14,15)8-3-1-7(2-4-8)5-9(6-10(19)20)12(16,17)18/h1-4,9H,5-6H2,(H,19,20). The fourth-order valence-electron chi connectivity index (χ4n) is 1.63. The maximum absolute atomic E-state index is 12.6. The smallest absolute Gasteiger partial charge is 0.416 e. The number of halogens is 6. The number of hydrogen-bond donors (Lipinski definition) is 1. The van der Waals surface area contributed by atoms with Crippen molar-refractivity contribution < 1.29 is 36.2 Å². The highest BCUT2D eigenvalue weighted by atomic mass is 19.4. The second-order valence-electron chi connectivity index (χ2n) is 4.24. The van der Waals surface area contributed by atoms with Gasteiger partial charge in [-0.2, -0.15) is 26.3 Å². The lowest BCUT2D eigenvalue weighted by Crippen LogP contribution is -2.27. The van der Waals surface area contributed by atoms with Crippen molar-refractivity contribution in [1.82, 2.24) is 0 Å². The average Bonchev–Trinajstić information content (AvgIpc) is 2.25. The number of carboxylic acids is 1. The number of benzene rings is 1. The summed E-state index contributed by atoms with van der Waals surface area (Å²) < 4.78 is 74.6. The zero-order valence-corrected chi connectivity index (χ0v) is 9.92. The summed E-state index contributed by atoms with van der Waals surface area (Å²) in [6, 6.07) is 3.18. The van der Waals surface area contributed by atoms with Crippen LogP contribution in [-0.2, 0) is 17.4 Å². The number of carbonyl (C=O) groups is 1. The van der Waals surface area contributed by atoms with Crippen LogP contribution in [0.2, 0.25) is 0 Å². The second-order valence-corrected chi connectivity index (χ2v) is 4.24. The lowest BCUT2D eigenvalue weighted by Gasteiger charge is -2.18. The first-order valence-corrected chi connectivity index (χ1v) is 5.45. The highest BCUT2D eigenvalue weighted by molar-refractivity contribution is 5.67. The van der Waals surface area contributed by atoms with Gasteiger partial charge in [-0.15, -0.1) is 0 Å². The second kappa shape index (κ2) is 5.72. The summed E-state index contributed by atoms with van der Waals surface area (Å²) in [7, 11) is 0. The minimum Gasteiger partial charge on any atom is -0.481 e. The first-order chi connectivity index (χ1) is 9.00. The molecule has 0 aromatic heterocycles. The molecule has 0 fully saturated rings. The van der Waals surface area contributed by atoms with E-state index in [1.54, 1.807) is 0 Å². The minimum absolute atomic E-state index is 0.00146. The summed E-state index contributed by atoms with van der Waals surface area (Å²) >= 11 is 0. The molecule has 1 rings (SSSR count). The first-order valence-electron chi connectivity index (χ1n) is 5.45. The largest absolute Gasteiger partial charge is 0.481 e. The Morgan fingerprint density at radius 3 is 1.90 bits per heavy atom. The Morgan fingerprint density at radius 1 is 1.05 bits per heavy atom. The van der Waals surface area contributed by atoms with Gasteiger partial charge in [-0.1, -0.05) is 12.1 Å². The molecule has 0 saturated carbocycles. The molecule has 0 aliphatic carbocycles. The molecule has 1 atom stereocenters. The third-order valence-electron chi connectivity index (χ3n) is 2.65. The molecule has 0 saturated heterocycles. The van der Waals surface area contributed by atoms with Gasteiger partial charge in [0.2, 0.25) is 0 Å². The van der Waals surface area contributed by atoms with Gasteiger partial charge >= 0.3 is 18.3 Å². The molecule has 0 amide bonds. The summed E-state index contributed by atoms with van der Waals surface area (Å²) in [6.45, 7) is 0. The van der Waals surface area contributed by atoms with E-state index >= 15 is 0 Å². The molecule has 8 heteroatoms. The predicted molar refractivity (Wildman–Crippen MR) is 56.9 cm³/mol. The summed E-state index contributed by atoms with van der Waals surface area (Å²) in [5.41, 5.74) is -0.968. The van der Waals surface area contributed by atoms with Crippen molar-refractivity contribution in [3.63, 3.8) is 0 Å². The quantitative estimate of drug-likeness (QED) is 0.856. The molecule has 1 unspecified atom stereocenters.